The van der Waals surface area contributed by atoms with E-state index < -0.39 is 28.6 Å². The highest BCUT2D eigenvalue weighted by Crippen LogP contribution is 2.51. The number of nitrogens with zero attached hydrogens (tertiary/aromatic N) is 3. The number of rotatable bonds is 7. The van der Waals surface area contributed by atoms with Crippen LogP contribution in [0.1, 0.15) is 49.1 Å². The largest absolute Gasteiger partial charge is 0.481 e. The number of hydrogen-bond acceptors (Lipinski definition) is 5. The topological polar surface area (TPSA) is 94.1 Å². The molecule has 1 aliphatic heterocycles. The van der Waals surface area contributed by atoms with E-state index in [9.17, 15) is 18.7 Å². The Hall–Kier alpha value is -3.04. The van der Waals surface area contributed by atoms with Crippen LogP contribution in [0.5, 0.6) is 0 Å². The van der Waals surface area contributed by atoms with Gasteiger partial charge in [-0.2, -0.15) is 5.10 Å². The summed E-state index contributed by atoms with van der Waals surface area (Å²) in [6.07, 6.45) is 3.14. The third-order valence-electron chi connectivity index (χ3n) is 7.80. The van der Waals surface area contributed by atoms with Crippen LogP contribution in [-0.4, -0.2) is 44.2 Å². The Morgan fingerprint density at radius 1 is 1.17 bits per heavy atom. The van der Waals surface area contributed by atoms with Crippen molar-refractivity contribution in [2.75, 3.05) is 18.4 Å². The van der Waals surface area contributed by atoms with Crippen LogP contribution in [0.2, 0.25) is 5.02 Å². The van der Waals surface area contributed by atoms with E-state index >= 15 is 0 Å². The number of aromatic nitrogens is 3. The van der Waals surface area contributed by atoms with Gasteiger partial charge in [-0.3, -0.25) is 14.8 Å². The minimum Gasteiger partial charge on any atom is -0.481 e. The molecule has 7 nitrogen and oxygen atoms in total. The van der Waals surface area contributed by atoms with Gasteiger partial charge < -0.3 is 10.4 Å². The molecule has 3 N–H and O–H groups in total. The minimum absolute atomic E-state index is 0.0321. The van der Waals surface area contributed by atoms with Crippen molar-refractivity contribution in [1.82, 2.24) is 20.1 Å². The zero-order valence-corrected chi connectivity index (χ0v) is 20.7. The highest BCUT2D eigenvalue weighted by Gasteiger charge is 2.51. The molecule has 0 radical (unpaired) electrons. The van der Waals surface area contributed by atoms with E-state index in [2.05, 4.69) is 25.4 Å². The molecule has 190 valence electrons. The molecule has 2 aliphatic rings. The summed E-state index contributed by atoms with van der Waals surface area (Å²) in [5, 5.41) is 20.3. The van der Waals surface area contributed by atoms with Gasteiger partial charge in [0.1, 0.15) is 17.5 Å². The summed E-state index contributed by atoms with van der Waals surface area (Å²) in [5.74, 6) is -0.991. The summed E-state index contributed by atoms with van der Waals surface area (Å²) in [4.78, 5) is 19.1. The van der Waals surface area contributed by atoms with Crippen molar-refractivity contribution < 1.29 is 18.7 Å². The number of benzene rings is 1. The van der Waals surface area contributed by atoms with Gasteiger partial charge >= 0.3 is 5.97 Å². The summed E-state index contributed by atoms with van der Waals surface area (Å²) < 4.78 is 29.7. The molecular weight excluding hydrogens is 488 g/mol. The Bertz CT molecular complexity index is 1290. The zero-order chi connectivity index (χ0) is 25.5. The fourth-order valence-corrected chi connectivity index (χ4v) is 5.75. The lowest BCUT2D eigenvalue weighted by atomic mass is 9.67. The number of hydrogen-bond donors (Lipinski definition) is 3. The maximum atomic E-state index is 15.0. The maximum absolute atomic E-state index is 15.0. The Balaban J connectivity index is 1.36. The molecule has 1 aliphatic carbocycles. The second-order valence-electron chi connectivity index (χ2n) is 9.92. The second-order valence-corrected chi connectivity index (χ2v) is 10.3. The average Bonchev–Trinajstić information content (AvgIpc) is 3.23. The number of carbonyl (C=O) groups is 1. The molecule has 0 bridgehead atoms. The molecule has 1 saturated heterocycles. The van der Waals surface area contributed by atoms with E-state index in [4.69, 9.17) is 11.6 Å². The highest BCUT2D eigenvalue weighted by molar-refractivity contribution is 6.30. The first-order valence-corrected chi connectivity index (χ1v) is 12.5. The van der Waals surface area contributed by atoms with Gasteiger partial charge in [0.2, 0.25) is 0 Å². The van der Waals surface area contributed by atoms with Gasteiger partial charge in [-0.15, -0.1) is 0 Å². The third-order valence-corrected chi connectivity index (χ3v) is 8.09. The van der Waals surface area contributed by atoms with Crippen molar-refractivity contribution in [3.8, 4) is 0 Å². The van der Waals surface area contributed by atoms with Crippen molar-refractivity contribution in [2.24, 2.45) is 5.41 Å². The van der Waals surface area contributed by atoms with Crippen LogP contribution in [-0.2, 0) is 16.8 Å². The number of H-pyrrole nitrogens is 1. The van der Waals surface area contributed by atoms with Gasteiger partial charge in [-0.1, -0.05) is 23.7 Å². The van der Waals surface area contributed by atoms with Crippen molar-refractivity contribution in [3.63, 3.8) is 0 Å². The molecule has 1 saturated carbocycles. The normalized spacial score (nSPS) is 19.0. The van der Waals surface area contributed by atoms with Crippen molar-refractivity contribution in [2.45, 2.75) is 51.0 Å². The van der Waals surface area contributed by atoms with Gasteiger partial charge in [-0.25, -0.2) is 13.8 Å². The number of piperidine rings is 1. The summed E-state index contributed by atoms with van der Waals surface area (Å²) in [5.41, 5.74) is -0.108. The first kappa shape index (κ1) is 24.6. The van der Waals surface area contributed by atoms with Gasteiger partial charge in [-0.05, 0) is 57.2 Å². The molecule has 2 fully saturated rings. The number of aliphatic carboxylic acids is 1. The maximum Gasteiger partial charge on any atom is 0.310 e. The van der Waals surface area contributed by atoms with E-state index in [-0.39, 0.29) is 17.1 Å². The number of halogens is 3. The van der Waals surface area contributed by atoms with Crippen LogP contribution in [0.25, 0.3) is 0 Å². The van der Waals surface area contributed by atoms with Gasteiger partial charge in [0.05, 0.1) is 16.1 Å². The van der Waals surface area contributed by atoms with Crippen LogP contribution >= 0.6 is 11.6 Å². The molecule has 10 heteroatoms. The van der Waals surface area contributed by atoms with Gasteiger partial charge in [0.15, 0.2) is 5.82 Å². The summed E-state index contributed by atoms with van der Waals surface area (Å²) >= 11 is 6.07. The van der Waals surface area contributed by atoms with Crippen LogP contribution < -0.4 is 5.32 Å². The van der Waals surface area contributed by atoms with Gasteiger partial charge in [0, 0.05) is 42.4 Å². The monoisotopic (exact) mass is 515 g/mol. The molecule has 3 aromatic rings. The molecule has 0 amide bonds. The van der Waals surface area contributed by atoms with Crippen LogP contribution in [0, 0.1) is 24.0 Å². The predicted molar refractivity (Wildman–Crippen MR) is 132 cm³/mol. The fourth-order valence-electron chi connectivity index (χ4n) is 5.57. The van der Waals surface area contributed by atoms with Crippen molar-refractivity contribution >= 4 is 29.2 Å². The molecule has 2 aromatic heterocycles. The Kier molecular flexibility index (Phi) is 6.46. The average molecular weight is 516 g/mol. The molecule has 3 heterocycles. The fraction of sp³-hybridized carbons (Fsp3) is 0.423. The van der Waals surface area contributed by atoms with E-state index in [1.807, 2.05) is 6.92 Å². The Labute approximate surface area is 212 Å². The Morgan fingerprint density at radius 2 is 1.92 bits per heavy atom. The number of pyridine rings is 1. The molecule has 0 unspecified atom stereocenters. The molecule has 1 aromatic carbocycles. The number of anilines is 2. The molecule has 0 atom stereocenters. The van der Waals surface area contributed by atoms with E-state index in [0.717, 1.165) is 25.0 Å². The summed E-state index contributed by atoms with van der Waals surface area (Å²) in [6.45, 7) is 2.79. The van der Waals surface area contributed by atoms with Crippen LogP contribution in [0.15, 0.2) is 36.4 Å². The molecule has 36 heavy (non-hydrogen) atoms. The first-order chi connectivity index (χ1) is 17.2. The number of nitrogens with one attached hydrogen (secondary N) is 2. The van der Waals surface area contributed by atoms with Crippen molar-refractivity contribution in [3.05, 3.63) is 70.0 Å². The van der Waals surface area contributed by atoms with Crippen LogP contribution in [0.3, 0.4) is 0 Å². The van der Waals surface area contributed by atoms with Crippen LogP contribution in [0.4, 0.5) is 20.4 Å². The standard InChI is InChI=1S/C26H28ClF2N5O2/c1-16-14-22(33-32-16)31-21-7-6-19(28)20(30-21)15-25(24(35)36)10-12-34(13-11-25)26(8-3-9-26)17-4-2-5-18(27)23(17)29/h2,4-7,14H,3,8-13,15H2,1H3,(H,35,36)(H2,30,31,32,33). The summed E-state index contributed by atoms with van der Waals surface area (Å²) in [6, 6.07) is 9.65. The third kappa shape index (κ3) is 4.35. The second kappa shape index (κ2) is 9.44. The highest BCUT2D eigenvalue weighted by atomic mass is 35.5. The molecule has 0 spiro atoms. The van der Waals surface area contributed by atoms with Gasteiger partial charge in [0.25, 0.3) is 0 Å². The number of aromatic amines is 1. The lowest BCUT2D eigenvalue weighted by Crippen LogP contribution is -2.57. The zero-order valence-electron chi connectivity index (χ0n) is 20.0. The SMILES string of the molecule is Cc1cc(Nc2ccc(F)c(CC3(C(=O)O)CCN(C4(c5cccc(Cl)c5F)CCC4)CC3)n2)n[nH]1. The predicted octanol–water partition coefficient (Wildman–Crippen LogP) is 5.58. The Morgan fingerprint density at radius 3 is 2.53 bits per heavy atom. The smallest absolute Gasteiger partial charge is 0.310 e. The number of carboxylic acids is 1. The number of likely N-dealkylation sites (tertiary alicyclic amines) is 1. The molecule has 5 rings (SSSR count). The summed E-state index contributed by atoms with van der Waals surface area (Å²) in [7, 11) is 0. The van der Waals surface area contributed by atoms with E-state index in [1.165, 1.54) is 18.2 Å². The first-order valence-electron chi connectivity index (χ1n) is 12.1. The van der Waals surface area contributed by atoms with Crippen molar-refractivity contribution in [1.29, 1.82) is 0 Å². The number of carboxylic acid groups (broad SMARTS) is 1. The molecular formula is C26H28ClF2N5O2. The van der Waals surface area contributed by atoms with E-state index in [1.54, 1.807) is 18.2 Å². The van der Waals surface area contributed by atoms with E-state index in [0.29, 0.717) is 43.1 Å². The minimum atomic E-state index is -1.16. The lowest BCUT2D eigenvalue weighted by Gasteiger charge is -2.54. The lowest BCUT2D eigenvalue weighted by molar-refractivity contribution is -0.154. The number of aryl methyl sites for hydroxylation is 1. The quantitative estimate of drug-likeness (QED) is 0.380.